The summed E-state index contributed by atoms with van der Waals surface area (Å²) >= 11 is 0. The quantitative estimate of drug-likeness (QED) is 0.255. The molecule has 346 valence electrons. The molecule has 7 saturated heterocycles. The van der Waals surface area contributed by atoms with E-state index < -0.39 is 12.6 Å². The van der Waals surface area contributed by atoms with E-state index in [9.17, 15) is 10.2 Å². The van der Waals surface area contributed by atoms with E-state index in [0.717, 1.165) is 148 Å². The first-order valence-corrected chi connectivity index (χ1v) is 29.6. The molecule has 15 aliphatic carbocycles. The standard InChI is InChI=1S/C59H86O4/c60-57-50-41-21-33-17-18-59-24-30(7-1-27-2-8-31(9-3-27)25-62-57)12-16-42(59)40-23-34-22-39-35-13-11-29(5-4-28-6-10-32(19-28)26-63-58(50)61)20-38(35)36-14-15-37-45(41)52-44(33)56(59)55-49(40)43(34)51-48(39)46(36)47(37)53(51)54(52)55/h27-58,60-61H,1-26H2. The molecular weight excluding hydrogens is 773 g/mol. The van der Waals surface area contributed by atoms with Gasteiger partial charge in [-0.15, -0.1) is 0 Å². The Kier molecular flexibility index (Phi) is 8.33. The highest BCUT2D eigenvalue weighted by atomic mass is 16.6. The Morgan fingerprint density at radius 1 is 0.317 bits per heavy atom. The van der Waals surface area contributed by atoms with Crippen molar-refractivity contribution in [3.63, 3.8) is 0 Å². The van der Waals surface area contributed by atoms with Crippen LogP contribution in [-0.4, -0.2) is 36.0 Å². The molecule has 31 atom stereocenters. The third-order valence-electron chi connectivity index (χ3n) is 28.6. The van der Waals surface area contributed by atoms with E-state index in [4.69, 9.17) is 9.47 Å². The molecule has 4 nitrogen and oxygen atoms in total. The van der Waals surface area contributed by atoms with Crippen molar-refractivity contribution < 1.29 is 19.7 Å². The SMILES string of the molecule is OC1OCC2CCC(CC2)CCC2CCC3C4CC5CC6C7CCC8CCC9CCC(COC(O)C1C1CC%10CCC3(C2)C2C%10C3C1C1CCC(C7C8)C7C6C6C5C4C2C3C6C17)C9. The summed E-state index contributed by atoms with van der Waals surface area (Å²) in [4.78, 5) is 0. The fourth-order valence-corrected chi connectivity index (χ4v) is 27.9. The molecule has 7 aliphatic heterocycles. The van der Waals surface area contributed by atoms with Crippen molar-refractivity contribution in [3.05, 3.63) is 0 Å². The van der Waals surface area contributed by atoms with E-state index >= 15 is 0 Å². The monoisotopic (exact) mass is 859 g/mol. The van der Waals surface area contributed by atoms with Crippen LogP contribution in [0.25, 0.3) is 0 Å². The highest BCUT2D eigenvalue weighted by Gasteiger charge is 2.84. The molecule has 63 heavy (non-hydrogen) atoms. The molecule has 4 heteroatoms. The summed E-state index contributed by atoms with van der Waals surface area (Å²) in [6.07, 6.45) is 33.6. The lowest BCUT2D eigenvalue weighted by Crippen LogP contribution is -2.62. The number of aliphatic hydroxyl groups is 2. The molecule has 31 unspecified atom stereocenters. The van der Waals surface area contributed by atoms with Gasteiger partial charge < -0.3 is 19.7 Å². The molecule has 15 saturated carbocycles. The summed E-state index contributed by atoms with van der Waals surface area (Å²) in [5, 5.41) is 25.8. The minimum absolute atomic E-state index is 0.298. The van der Waals surface area contributed by atoms with Gasteiger partial charge in [0.05, 0.1) is 19.1 Å². The van der Waals surface area contributed by atoms with Gasteiger partial charge in [0.25, 0.3) is 0 Å². The van der Waals surface area contributed by atoms with Crippen LogP contribution in [-0.2, 0) is 9.47 Å². The van der Waals surface area contributed by atoms with Gasteiger partial charge in [0, 0.05) is 0 Å². The van der Waals surface area contributed by atoms with Crippen molar-refractivity contribution in [2.75, 3.05) is 13.2 Å². The maximum atomic E-state index is 12.9. The van der Waals surface area contributed by atoms with Gasteiger partial charge in [-0.25, -0.2) is 0 Å². The summed E-state index contributed by atoms with van der Waals surface area (Å²) in [6, 6.07) is 0. The minimum atomic E-state index is -0.905. The van der Waals surface area contributed by atoms with Crippen LogP contribution in [0, 0.1) is 183 Å². The molecule has 22 aliphatic rings. The number of aliphatic hydroxyl groups excluding tert-OH is 2. The van der Waals surface area contributed by atoms with Crippen LogP contribution in [0.5, 0.6) is 0 Å². The summed E-state index contributed by atoms with van der Waals surface area (Å²) in [7, 11) is 0. The van der Waals surface area contributed by atoms with Gasteiger partial charge in [-0.3, -0.25) is 0 Å². The fraction of sp³-hybridized carbons (Fsp3) is 1.00. The predicted molar refractivity (Wildman–Crippen MR) is 242 cm³/mol. The zero-order valence-corrected chi connectivity index (χ0v) is 39.1. The molecule has 0 aromatic heterocycles. The van der Waals surface area contributed by atoms with Gasteiger partial charge in [-0.2, -0.15) is 0 Å². The van der Waals surface area contributed by atoms with E-state index in [2.05, 4.69) is 0 Å². The Bertz CT molecular complexity index is 1840. The molecule has 2 N–H and O–H groups in total. The van der Waals surface area contributed by atoms with Crippen molar-refractivity contribution in [2.24, 2.45) is 183 Å². The first-order chi connectivity index (χ1) is 31.0. The summed E-state index contributed by atoms with van der Waals surface area (Å²) in [6.45, 7) is 1.38. The zero-order valence-electron chi connectivity index (χ0n) is 39.1. The normalized spacial score (nSPS) is 68.7. The average Bonchev–Trinajstić information content (AvgIpc) is 4.10. The van der Waals surface area contributed by atoms with Crippen molar-refractivity contribution in [1.29, 1.82) is 0 Å². The lowest BCUT2D eigenvalue weighted by molar-refractivity contribution is -0.264. The Labute approximate surface area is 381 Å². The molecule has 19 bridgehead atoms. The van der Waals surface area contributed by atoms with Crippen molar-refractivity contribution >= 4 is 0 Å². The fourth-order valence-electron chi connectivity index (χ4n) is 27.9. The van der Waals surface area contributed by atoms with Crippen LogP contribution in [0.1, 0.15) is 154 Å². The van der Waals surface area contributed by atoms with Crippen LogP contribution in [0.2, 0.25) is 0 Å². The van der Waals surface area contributed by atoms with E-state index in [-0.39, 0.29) is 5.92 Å². The average molecular weight is 859 g/mol. The molecule has 0 aromatic rings. The number of hydrogen-bond acceptors (Lipinski definition) is 4. The van der Waals surface area contributed by atoms with E-state index in [1.54, 1.807) is 57.8 Å². The van der Waals surface area contributed by atoms with Crippen molar-refractivity contribution in [2.45, 2.75) is 167 Å². The number of rotatable bonds is 0. The molecule has 1 spiro atoms. The topological polar surface area (TPSA) is 58.9 Å². The number of ether oxygens (including phenoxy) is 2. The smallest absolute Gasteiger partial charge is 0.162 e. The van der Waals surface area contributed by atoms with Gasteiger partial charge >= 0.3 is 0 Å². The van der Waals surface area contributed by atoms with Crippen LogP contribution in [0.4, 0.5) is 0 Å². The molecule has 0 radical (unpaired) electrons. The Balaban J connectivity index is 0.875. The van der Waals surface area contributed by atoms with E-state index in [1.807, 2.05) is 0 Å². The van der Waals surface area contributed by atoms with E-state index in [1.165, 1.54) is 96.3 Å². The third kappa shape index (κ3) is 4.89. The van der Waals surface area contributed by atoms with Gasteiger partial charge in [-0.1, -0.05) is 57.8 Å². The Morgan fingerprint density at radius 2 is 0.889 bits per heavy atom. The summed E-state index contributed by atoms with van der Waals surface area (Å²) < 4.78 is 13.9. The van der Waals surface area contributed by atoms with Gasteiger partial charge in [-0.05, 0) is 273 Å². The van der Waals surface area contributed by atoms with Gasteiger partial charge in [0.2, 0.25) is 0 Å². The van der Waals surface area contributed by atoms with Gasteiger partial charge in [0.15, 0.2) is 12.6 Å². The minimum Gasteiger partial charge on any atom is -0.368 e. The second-order valence-electron chi connectivity index (χ2n) is 29.2. The Hall–Kier alpha value is -0.160. The van der Waals surface area contributed by atoms with Crippen molar-refractivity contribution in [1.82, 2.24) is 0 Å². The maximum absolute atomic E-state index is 12.9. The van der Waals surface area contributed by atoms with Crippen LogP contribution in [0.15, 0.2) is 0 Å². The molecular formula is C59H86O4. The second kappa shape index (κ2) is 13.6. The highest BCUT2D eigenvalue weighted by Crippen LogP contribution is 2.89. The van der Waals surface area contributed by atoms with Crippen molar-refractivity contribution in [3.8, 4) is 0 Å². The third-order valence-corrected chi connectivity index (χ3v) is 28.6. The highest BCUT2D eigenvalue weighted by molar-refractivity contribution is 5.31. The molecule has 22 fully saturated rings. The molecule has 0 amide bonds. The second-order valence-corrected chi connectivity index (χ2v) is 29.2. The maximum Gasteiger partial charge on any atom is 0.162 e. The number of fused-ring (bicyclic) bond motifs is 6. The lowest BCUT2D eigenvalue weighted by Gasteiger charge is -2.67. The first-order valence-electron chi connectivity index (χ1n) is 29.6. The summed E-state index contributed by atoms with van der Waals surface area (Å²) in [5.41, 5.74) is 0.634. The predicted octanol–water partition coefficient (Wildman–Crippen LogP) is 11.7. The molecule has 7 heterocycles. The molecule has 0 aromatic carbocycles. The number of hydrogen-bond donors (Lipinski definition) is 2. The van der Waals surface area contributed by atoms with Crippen LogP contribution >= 0.6 is 0 Å². The zero-order chi connectivity index (χ0) is 40.8. The lowest BCUT2D eigenvalue weighted by atomic mass is 9.37. The van der Waals surface area contributed by atoms with Crippen LogP contribution in [0.3, 0.4) is 0 Å². The van der Waals surface area contributed by atoms with Crippen LogP contribution < -0.4 is 0 Å². The van der Waals surface area contributed by atoms with Gasteiger partial charge in [0.1, 0.15) is 0 Å². The van der Waals surface area contributed by atoms with E-state index in [0.29, 0.717) is 42.3 Å². The largest absolute Gasteiger partial charge is 0.368 e. The summed E-state index contributed by atoms with van der Waals surface area (Å²) in [5.74, 6) is 26.6. The Morgan fingerprint density at radius 3 is 1.75 bits per heavy atom. The first kappa shape index (κ1) is 38.7. The molecule has 22 rings (SSSR count).